The molecule has 0 aliphatic heterocycles. The number of benzene rings is 2. The first-order valence-corrected chi connectivity index (χ1v) is 11.8. The molecule has 0 atom stereocenters. The molecule has 9 nitrogen and oxygen atoms in total. The zero-order valence-electron chi connectivity index (χ0n) is 17.1. The summed E-state index contributed by atoms with van der Waals surface area (Å²) in [7, 11) is -3.53. The van der Waals surface area contributed by atoms with Gasteiger partial charge in [0.25, 0.3) is 5.56 Å². The van der Waals surface area contributed by atoms with Crippen LogP contribution in [-0.4, -0.2) is 41.8 Å². The lowest BCUT2D eigenvalue weighted by molar-refractivity contribution is -0.137. The van der Waals surface area contributed by atoms with Crippen LogP contribution < -0.4 is 15.6 Å². The molecule has 0 unspecified atom stereocenters. The molecule has 32 heavy (non-hydrogen) atoms. The Labute approximate surface area is 189 Å². The topological polar surface area (TPSA) is 130 Å². The molecular weight excluding hydrogens is 456 g/mol. The van der Waals surface area contributed by atoms with Gasteiger partial charge < -0.3 is 10.4 Å². The van der Waals surface area contributed by atoms with Crippen LogP contribution >= 0.6 is 11.6 Å². The normalized spacial score (nSPS) is 11.2. The van der Waals surface area contributed by atoms with Gasteiger partial charge in [-0.05, 0) is 24.1 Å². The molecule has 168 valence electrons. The van der Waals surface area contributed by atoms with Crippen molar-refractivity contribution in [2.24, 2.45) is 0 Å². The molecule has 0 radical (unpaired) electrons. The number of aromatic nitrogens is 2. The van der Waals surface area contributed by atoms with Crippen LogP contribution in [0.1, 0.15) is 5.56 Å². The van der Waals surface area contributed by atoms with Gasteiger partial charge in [-0.1, -0.05) is 54.1 Å². The van der Waals surface area contributed by atoms with Crippen LogP contribution in [0.4, 0.5) is 11.5 Å². The first-order chi connectivity index (χ1) is 15.1. The highest BCUT2D eigenvalue weighted by atomic mass is 35.5. The number of nitrogens with zero attached hydrogens (tertiary/aromatic N) is 2. The highest BCUT2D eigenvalue weighted by Gasteiger charge is 2.19. The predicted octanol–water partition coefficient (Wildman–Crippen LogP) is 2.67. The number of hydrogen-bond acceptors (Lipinski definition) is 6. The molecule has 0 fully saturated rings. The van der Waals surface area contributed by atoms with Crippen molar-refractivity contribution in [2.75, 3.05) is 22.8 Å². The van der Waals surface area contributed by atoms with Gasteiger partial charge in [0.2, 0.25) is 10.0 Å². The van der Waals surface area contributed by atoms with Crippen molar-refractivity contribution in [1.82, 2.24) is 9.55 Å². The molecule has 0 bridgehead atoms. The highest BCUT2D eigenvalue weighted by molar-refractivity contribution is 7.92. The molecule has 3 aromatic rings. The minimum absolute atomic E-state index is 0.0682. The first-order valence-electron chi connectivity index (χ1n) is 9.52. The summed E-state index contributed by atoms with van der Waals surface area (Å²) in [5.74, 6) is -1.31. The third-order valence-corrected chi connectivity index (χ3v) is 5.27. The zero-order chi connectivity index (χ0) is 23.3. The molecule has 3 rings (SSSR count). The number of carboxylic acid groups (broad SMARTS) is 1. The average Bonchev–Trinajstić information content (AvgIpc) is 2.71. The van der Waals surface area contributed by atoms with Crippen LogP contribution in [0.2, 0.25) is 5.15 Å². The lowest BCUT2D eigenvalue weighted by Crippen LogP contribution is -2.30. The van der Waals surface area contributed by atoms with E-state index in [9.17, 15) is 23.1 Å². The van der Waals surface area contributed by atoms with Crippen LogP contribution in [0.3, 0.4) is 0 Å². The molecule has 0 spiro atoms. The maximum atomic E-state index is 13.0. The summed E-state index contributed by atoms with van der Waals surface area (Å²) in [6.45, 7) is -0.254. The van der Waals surface area contributed by atoms with E-state index in [1.54, 1.807) is 12.1 Å². The number of halogens is 1. The van der Waals surface area contributed by atoms with E-state index in [0.29, 0.717) is 18.5 Å². The van der Waals surface area contributed by atoms with Crippen LogP contribution in [-0.2, 0) is 27.8 Å². The van der Waals surface area contributed by atoms with Crippen LogP contribution in [0.5, 0.6) is 0 Å². The number of carbonyl (C=O) groups is 1. The summed E-state index contributed by atoms with van der Waals surface area (Å²) in [5, 5.41) is 12.2. The van der Waals surface area contributed by atoms with E-state index in [2.05, 4.69) is 15.0 Å². The van der Waals surface area contributed by atoms with Gasteiger partial charge in [0, 0.05) is 17.8 Å². The average molecular weight is 477 g/mol. The van der Waals surface area contributed by atoms with Gasteiger partial charge in [-0.25, -0.2) is 13.4 Å². The Bertz CT molecular complexity index is 1290. The van der Waals surface area contributed by atoms with Crippen molar-refractivity contribution in [2.45, 2.75) is 13.0 Å². The maximum absolute atomic E-state index is 13.0. The minimum atomic E-state index is -3.53. The molecule has 11 heteroatoms. The molecule has 0 saturated heterocycles. The summed E-state index contributed by atoms with van der Waals surface area (Å²) >= 11 is 6.36. The second kappa shape index (κ2) is 9.84. The molecule has 0 saturated carbocycles. The van der Waals surface area contributed by atoms with E-state index in [0.717, 1.165) is 16.4 Å². The minimum Gasteiger partial charge on any atom is -0.480 e. The number of carboxylic acids is 1. The quantitative estimate of drug-likeness (QED) is 0.432. The predicted molar refractivity (Wildman–Crippen MR) is 124 cm³/mol. The fourth-order valence-corrected chi connectivity index (χ4v) is 3.98. The fraction of sp³-hybridized carbons (Fsp3) is 0.190. The molecule has 0 aliphatic carbocycles. The lowest BCUT2D eigenvalue weighted by Gasteiger charge is -2.16. The zero-order valence-corrected chi connectivity index (χ0v) is 18.7. The van der Waals surface area contributed by atoms with E-state index < -0.39 is 28.1 Å². The number of nitrogens with one attached hydrogen (secondary N) is 2. The summed E-state index contributed by atoms with van der Waals surface area (Å²) < 4.78 is 26.4. The summed E-state index contributed by atoms with van der Waals surface area (Å²) in [6.07, 6.45) is 1.63. The Kier molecular flexibility index (Phi) is 7.16. The smallest absolute Gasteiger partial charge is 0.323 e. The Morgan fingerprint density at radius 3 is 2.53 bits per heavy atom. The maximum Gasteiger partial charge on any atom is 0.323 e. The molecule has 1 heterocycles. The molecular formula is C21H21ClN4O5S. The molecule has 1 aromatic heterocycles. The Hall–Kier alpha value is -3.37. The molecule has 0 aliphatic rings. The number of rotatable bonds is 9. The van der Waals surface area contributed by atoms with Crippen LogP contribution in [0.25, 0.3) is 11.3 Å². The monoisotopic (exact) mass is 476 g/mol. The molecule has 2 aromatic carbocycles. The second-order valence-electron chi connectivity index (χ2n) is 7.00. The van der Waals surface area contributed by atoms with Gasteiger partial charge in [-0.3, -0.25) is 18.9 Å². The number of sulfonamides is 1. The third kappa shape index (κ3) is 6.08. The van der Waals surface area contributed by atoms with Crippen molar-refractivity contribution in [3.05, 3.63) is 75.7 Å². The van der Waals surface area contributed by atoms with Crippen LogP contribution in [0.15, 0.2) is 59.4 Å². The summed E-state index contributed by atoms with van der Waals surface area (Å²) in [6, 6.07) is 15.7. The van der Waals surface area contributed by atoms with E-state index in [-0.39, 0.29) is 22.4 Å². The molecule has 0 amide bonds. The largest absolute Gasteiger partial charge is 0.480 e. The van der Waals surface area contributed by atoms with Crippen molar-refractivity contribution in [3.63, 3.8) is 0 Å². The van der Waals surface area contributed by atoms with Crippen molar-refractivity contribution < 1.29 is 18.3 Å². The van der Waals surface area contributed by atoms with E-state index in [1.165, 1.54) is 12.1 Å². The Morgan fingerprint density at radius 2 is 1.88 bits per heavy atom. The highest BCUT2D eigenvalue weighted by Crippen LogP contribution is 2.28. The standard InChI is InChI=1S/C21H21ClN4O5S/c1-32(30,31)25-16-9-5-8-15(12-16)18-19(22)24-20(21(29)26(18)13-17(27)28)23-11-10-14-6-3-2-4-7-14/h2-9,12,25H,10-11,13H2,1H3,(H,23,24)(H,27,28). The van der Waals surface area contributed by atoms with Gasteiger partial charge in [0.1, 0.15) is 6.54 Å². The van der Waals surface area contributed by atoms with E-state index >= 15 is 0 Å². The van der Waals surface area contributed by atoms with Gasteiger partial charge in [-0.2, -0.15) is 0 Å². The van der Waals surface area contributed by atoms with E-state index in [4.69, 9.17) is 11.6 Å². The SMILES string of the molecule is CS(=O)(=O)Nc1cccc(-c2c(Cl)nc(NCCc3ccccc3)c(=O)n2CC(=O)O)c1. The summed E-state index contributed by atoms with van der Waals surface area (Å²) in [4.78, 5) is 28.6. The van der Waals surface area contributed by atoms with Crippen molar-refractivity contribution in [3.8, 4) is 11.3 Å². The number of hydrogen-bond donors (Lipinski definition) is 3. The van der Waals surface area contributed by atoms with Gasteiger partial charge in [0.05, 0.1) is 11.9 Å². The third-order valence-electron chi connectivity index (χ3n) is 4.40. The lowest BCUT2D eigenvalue weighted by atomic mass is 10.1. The Morgan fingerprint density at radius 1 is 1.16 bits per heavy atom. The summed E-state index contributed by atoms with van der Waals surface area (Å²) in [5.41, 5.74) is 1.06. The second-order valence-corrected chi connectivity index (χ2v) is 9.11. The van der Waals surface area contributed by atoms with E-state index in [1.807, 2.05) is 30.3 Å². The Balaban J connectivity index is 1.98. The van der Waals surface area contributed by atoms with Gasteiger partial charge >= 0.3 is 5.97 Å². The van der Waals surface area contributed by atoms with Crippen molar-refractivity contribution >= 4 is 39.1 Å². The van der Waals surface area contributed by atoms with Crippen LogP contribution in [0, 0.1) is 0 Å². The molecule has 3 N–H and O–H groups in total. The first kappa shape index (κ1) is 23.3. The van der Waals surface area contributed by atoms with Crippen molar-refractivity contribution in [1.29, 1.82) is 0 Å². The number of anilines is 2. The van der Waals surface area contributed by atoms with Gasteiger partial charge in [0.15, 0.2) is 11.0 Å². The fourth-order valence-electron chi connectivity index (χ4n) is 3.13. The number of aliphatic carboxylic acids is 1. The van der Waals surface area contributed by atoms with Gasteiger partial charge in [-0.15, -0.1) is 0 Å².